The second kappa shape index (κ2) is 7.89. The molecule has 0 spiro atoms. The molecule has 28 heavy (non-hydrogen) atoms. The molecule has 0 aliphatic carbocycles. The first-order valence-corrected chi connectivity index (χ1v) is 9.61. The van der Waals surface area contributed by atoms with E-state index in [-0.39, 0.29) is 16.8 Å². The van der Waals surface area contributed by atoms with E-state index in [1.165, 1.54) is 18.2 Å². The molecule has 8 heteroatoms. The molecule has 5 nitrogen and oxygen atoms in total. The molecule has 2 heterocycles. The number of hydrogen-bond donors (Lipinski definition) is 0. The number of carbonyl (C=O) groups excluding carboxylic acids is 1. The van der Waals surface area contributed by atoms with E-state index in [2.05, 4.69) is 10.1 Å². The normalized spacial score (nSPS) is 15.0. The number of nitrogens with zero attached hydrogens (tertiary/aromatic N) is 3. The summed E-state index contributed by atoms with van der Waals surface area (Å²) in [6.45, 7) is 1.11. The molecular formula is C20H16Cl2FN3O2. The third-order valence-electron chi connectivity index (χ3n) is 4.84. The first kappa shape index (κ1) is 18.9. The third-order valence-corrected chi connectivity index (χ3v) is 5.38. The van der Waals surface area contributed by atoms with E-state index in [4.69, 9.17) is 27.7 Å². The largest absolute Gasteiger partial charge is 0.339 e. The maximum absolute atomic E-state index is 13.3. The van der Waals surface area contributed by atoms with Gasteiger partial charge in [-0.2, -0.15) is 4.98 Å². The predicted octanol–water partition coefficient (Wildman–Crippen LogP) is 5.20. The Morgan fingerprint density at radius 3 is 2.50 bits per heavy atom. The summed E-state index contributed by atoms with van der Waals surface area (Å²) in [4.78, 5) is 18.8. The molecule has 1 aliphatic heterocycles. The second-order valence-electron chi connectivity index (χ2n) is 6.66. The highest BCUT2D eigenvalue weighted by Crippen LogP contribution is 2.29. The van der Waals surface area contributed by atoms with Gasteiger partial charge in [0.1, 0.15) is 5.82 Å². The van der Waals surface area contributed by atoms with Crippen molar-refractivity contribution >= 4 is 29.1 Å². The van der Waals surface area contributed by atoms with E-state index in [0.29, 0.717) is 48.2 Å². The van der Waals surface area contributed by atoms with Gasteiger partial charge >= 0.3 is 0 Å². The number of benzene rings is 2. The van der Waals surface area contributed by atoms with E-state index < -0.39 is 5.82 Å². The van der Waals surface area contributed by atoms with Crippen molar-refractivity contribution in [3.8, 4) is 11.4 Å². The van der Waals surface area contributed by atoms with Crippen LogP contribution in [0.25, 0.3) is 11.4 Å². The Bertz CT molecular complexity index is 999. The summed E-state index contributed by atoms with van der Waals surface area (Å²) in [6.07, 6.45) is 1.42. The molecule has 4 rings (SSSR count). The molecule has 2 aromatic carbocycles. The van der Waals surface area contributed by atoms with Crippen molar-refractivity contribution in [1.29, 1.82) is 0 Å². The quantitative estimate of drug-likeness (QED) is 0.584. The van der Waals surface area contributed by atoms with Crippen molar-refractivity contribution in [1.82, 2.24) is 15.0 Å². The SMILES string of the molecule is O=C(c1ccc(F)c(Cl)c1)N1CCC(c2nc(-c3ccc(Cl)cc3)no2)CC1. The van der Waals surface area contributed by atoms with E-state index in [0.717, 1.165) is 5.56 Å². The molecule has 3 aromatic rings. The summed E-state index contributed by atoms with van der Waals surface area (Å²) in [6, 6.07) is 11.3. The molecule has 0 N–H and O–H groups in total. The Hall–Kier alpha value is -2.44. The second-order valence-corrected chi connectivity index (χ2v) is 7.50. The van der Waals surface area contributed by atoms with Crippen LogP contribution in [-0.2, 0) is 0 Å². The molecule has 144 valence electrons. The van der Waals surface area contributed by atoms with Crippen molar-refractivity contribution in [2.75, 3.05) is 13.1 Å². The van der Waals surface area contributed by atoms with Gasteiger partial charge < -0.3 is 9.42 Å². The summed E-state index contributed by atoms with van der Waals surface area (Å²) < 4.78 is 18.7. The molecule has 1 aliphatic rings. The highest BCUT2D eigenvalue weighted by atomic mass is 35.5. The van der Waals surface area contributed by atoms with Crippen LogP contribution in [0, 0.1) is 5.82 Å². The van der Waals surface area contributed by atoms with Gasteiger partial charge in [0, 0.05) is 35.2 Å². The summed E-state index contributed by atoms with van der Waals surface area (Å²) in [5.74, 6) is 0.486. The number of amides is 1. The van der Waals surface area contributed by atoms with Gasteiger partial charge in [0.25, 0.3) is 5.91 Å². The molecule has 1 amide bonds. The van der Waals surface area contributed by atoms with Crippen molar-refractivity contribution in [3.05, 3.63) is 69.8 Å². The lowest BCUT2D eigenvalue weighted by atomic mass is 9.96. The number of carbonyl (C=O) groups is 1. The van der Waals surface area contributed by atoms with Crippen LogP contribution in [0.3, 0.4) is 0 Å². The molecule has 1 aromatic heterocycles. The van der Waals surface area contributed by atoms with Gasteiger partial charge in [-0.1, -0.05) is 28.4 Å². The maximum atomic E-state index is 13.3. The zero-order valence-corrected chi connectivity index (χ0v) is 16.3. The molecule has 1 saturated heterocycles. The summed E-state index contributed by atoms with van der Waals surface area (Å²) in [5, 5.41) is 4.64. The predicted molar refractivity (Wildman–Crippen MR) is 104 cm³/mol. The van der Waals surface area contributed by atoms with Gasteiger partial charge in [0.2, 0.25) is 11.7 Å². The van der Waals surface area contributed by atoms with Gasteiger partial charge in [-0.25, -0.2) is 4.39 Å². The van der Waals surface area contributed by atoms with Crippen molar-refractivity contribution in [2.24, 2.45) is 0 Å². The van der Waals surface area contributed by atoms with Gasteiger partial charge in [-0.05, 0) is 55.3 Å². The zero-order valence-electron chi connectivity index (χ0n) is 14.7. The minimum absolute atomic E-state index is 0.0543. The Balaban J connectivity index is 1.41. The maximum Gasteiger partial charge on any atom is 0.253 e. The van der Waals surface area contributed by atoms with E-state index >= 15 is 0 Å². The molecule has 0 atom stereocenters. The average molecular weight is 420 g/mol. The Morgan fingerprint density at radius 2 is 1.82 bits per heavy atom. The molecule has 1 fully saturated rings. The lowest BCUT2D eigenvalue weighted by Crippen LogP contribution is -2.38. The first-order chi connectivity index (χ1) is 13.5. The van der Waals surface area contributed by atoms with Crippen LogP contribution in [0.5, 0.6) is 0 Å². The lowest BCUT2D eigenvalue weighted by molar-refractivity contribution is 0.0704. The first-order valence-electron chi connectivity index (χ1n) is 8.85. The lowest BCUT2D eigenvalue weighted by Gasteiger charge is -2.30. The topological polar surface area (TPSA) is 59.2 Å². The highest BCUT2D eigenvalue weighted by molar-refractivity contribution is 6.31. The van der Waals surface area contributed by atoms with Crippen molar-refractivity contribution in [2.45, 2.75) is 18.8 Å². The zero-order chi connectivity index (χ0) is 19.7. The fourth-order valence-electron chi connectivity index (χ4n) is 3.26. The minimum atomic E-state index is -0.537. The highest BCUT2D eigenvalue weighted by Gasteiger charge is 2.28. The van der Waals surface area contributed by atoms with Gasteiger partial charge in [0.05, 0.1) is 5.02 Å². The van der Waals surface area contributed by atoms with Crippen molar-refractivity contribution in [3.63, 3.8) is 0 Å². The van der Waals surface area contributed by atoms with E-state index in [1.54, 1.807) is 17.0 Å². The monoisotopic (exact) mass is 419 g/mol. The summed E-state index contributed by atoms with van der Waals surface area (Å²) in [7, 11) is 0. The molecule has 0 saturated carbocycles. The fraction of sp³-hybridized carbons (Fsp3) is 0.250. The Kier molecular flexibility index (Phi) is 5.33. The summed E-state index contributed by atoms with van der Waals surface area (Å²) >= 11 is 11.7. The van der Waals surface area contributed by atoms with Crippen LogP contribution in [0.2, 0.25) is 10.0 Å². The Morgan fingerprint density at radius 1 is 1.11 bits per heavy atom. The average Bonchev–Trinajstić information content (AvgIpc) is 3.20. The van der Waals surface area contributed by atoms with Gasteiger partial charge in [-0.15, -0.1) is 0 Å². The Labute approximate surface area is 171 Å². The van der Waals surface area contributed by atoms with Crippen LogP contribution < -0.4 is 0 Å². The van der Waals surface area contributed by atoms with E-state index in [9.17, 15) is 9.18 Å². The number of halogens is 3. The molecular weight excluding hydrogens is 404 g/mol. The number of piperidine rings is 1. The standard InChI is InChI=1S/C20H16Cl2FN3O2/c21-15-4-1-12(2-5-15)18-24-19(28-25-18)13-7-9-26(10-8-13)20(27)14-3-6-17(23)16(22)11-14/h1-6,11,13H,7-10H2. The summed E-state index contributed by atoms with van der Waals surface area (Å²) in [5.41, 5.74) is 1.22. The smallest absolute Gasteiger partial charge is 0.253 e. The van der Waals surface area contributed by atoms with Crippen LogP contribution in [0.1, 0.15) is 35.0 Å². The molecule has 0 bridgehead atoms. The van der Waals surface area contributed by atoms with Gasteiger partial charge in [-0.3, -0.25) is 4.79 Å². The van der Waals surface area contributed by atoms with Crippen molar-refractivity contribution < 1.29 is 13.7 Å². The minimum Gasteiger partial charge on any atom is -0.339 e. The van der Waals surface area contributed by atoms with Crippen LogP contribution >= 0.6 is 23.2 Å². The number of likely N-dealkylation sites (tertiary alicyclic amines) is 1. The number of aromatic nitrogens is 2. The van der Waals surface area contributed by atoms with E-state index in [1.807, 2.05) is 12.1 Å². The number of rotatable bonds is 3. The van der Waals surface area contributed by atoms with Crippen LogP contribution in [0.4, 0.5) is 4.39 Å². The fourth-order valence-corrected chi connectivity index (χ4v) is 3.57. The molecule has 0 unspecified atom stereocenters. The number of hydrogen-bond acceptors (Lipinski definition) is 4. The van der Waals surface area contributed by atoms with Gasteiger partial charge in [0.15, 0.2) is 0 Å². The van der Waals surface area contributed by atoms with Crippen LogP contribution in [0.15, 0.2) is 47.0 Å². The molecule has 0 radical (unpaired) electrons. The van der Waals surface area contributed by atoms with Crippen LogP contribution in [-0.4, -0.2) is 34.0 Å². The third kappa shape index (κ3) is 3.88.